The highest BCUT2D eigenvalue weighted by Gasteiger charge is 2.28. The van der Waals surface area contributed by atoms with Gasteiger partial charge in [-0.25, -0.2) is 8.78 Å². The molecule has 0 unspecified atom stereocenters. The summed E-state index contributed by atoms with van der Waals surface area (Å²) in [5.74, 6) is -0.434. The van der Waals surface area contributed by atoms with Crippen LogP contribution in [0.5, 0.6) is 11.5 Å². The average Bonchev–Trinajstić information content (AvgIpc) is 2.99. The number of allylic oxidation sites excluding steroid dienone is 1. The molecule has 0 saturated heterocycles. The zero-order valence-corrected chi connectivity index (χ0v) is 15.2. The third-order valence-electron chi connectivity index (χ3n) is 4.24. The number of Topliss-reactive ketones (excluding diaryl/α,β-unsaturated/α-hetero) is 1. The summed E-state index contributed by atoms with van der Waals surface area (Å²) in [5, 5.41) is 0.183. The number of ketones is 1. The van der Waals surface area contributed by atoms with E-state index >= 15 is 0 Å². The summed E-state index contributed by atoms with van der Waals surface area (Å²) < 4.78 is 38.2. The van der Waals surface area contributed by atoms with Crippen molar-refractivity contribution in [2.24, 2.45) is 0 Å². The fourth-order valence-corrected chi connectivity index (χ4v) is 3.00. The zero-order chi connectivity index (χ0) is 19.7. The quantitative estimate of drug-likeness (QED) is 0.520. The Morgan fingerprint density at radius 3 is 2.57 bits per heavy atom. The minimum absolute atomic E-state index is 0.0160. The molecular formula is C22H13ClF2O3. The molecule has 3 nitrogen and oxygen atoms in total. The van der Waals surface area contributed by atoms with E-state index in [0.717, 1.165) is 5.56 Å². The molecule has 1 aliphatic rings. The lowest BCUT2D eigenvalue weighted by Crippen LogP contribution is -1.99. The van der Waals surface area contributed by atoms with Crippen molar-refractivity contribution in [2.45, 2.75) is 6.61 Å². The second kappa shape index (κ2) is 7.44. The molecule has 0 atom stereocenters. The van der Waals surface area contributed by atoms with Crippen molar-refractivity contribution in [1.29, 1.82) is 0 Å². The second-order valence-corrected chi connectivity index (χ2v) is 6.56. The van der Waals surface area contributed by atoms with Gasteiger partial charge in [-0.05, 0) is 48.0 Å². The summed E-state index contributed by atoms with van der Waals surface area (Å²) in [6.07, 6.45) is 1.29. The van der Waals surface area contributed by atoms with Gasteiger partial charge in [0.25, 0.3) is 0 Å². The van der Waals surface area contributed by atoms with E-state index in [-0.39, 0.29) is 34.6 Å². The first-order chi connectivity index (χ1) is 13.5. The van der Waals surface area contributed by atoms with Crippen LogP contribution in [0, 0.1) is 11.6 Å². The molecule has 4 rings (SSSR count). The van der Waals surface area contributed by atoms with Crippen LogP contribution in [0.15, 0.2) is 66.4 Å². The molecule has 0 N–H and O–H groups in total. The lowest BCUT2D eigenvalue weighted by molar-refractivity contribution is 0.101. The van der Waals surface area contributed by atoms with Gasteiger partial charge in [-0.15, -0.1) is 0 Å². The van der Waals surface area contributed by atoms with Crippen LogP contribution >= 0.6 is 11.6 Å². The van der Waals surface area contributed by atoms with Crippen molar-refractivity contribution in [3.63, 3.8) is 0 Å². The van der Waals surface area contributed by atoms with Crippen molar-refractivity contribution < 1.29 is 23.0 Å². The number of carbonyl (C=O) groups is 1. The Hall–Kier alpha value is -3.18. The van der Waals surface area contributed by atoms with Gasteiger partial charge in [-0.2, -0.15) is 0 Å². The maximum absolute atomic E-state index is 14.0. The molecule has 0 aliphatic carbocycles. The largest absolute Gasteiger partial charge is 0.489 e. The van der Waals surface area contributed by atoms with Crippen LogP contribution < -0.4 is 9.47 Å². The Bertz CT molecular complexity index is 1070. The lowest BCUT2D eigenvalue weighted by atomic mass is 10.1. The molecule has 3 aromatic rings. The van der Waals surface area contributed by atoms with E-state index in [4.69, 9.17) is 21.1 Å². The maximum Gasteiger partial charge on any atom is 0.231 e. The maximum atomic E-state index is 14.0. The lowest BCUT2D eigenvalue weighted by Gasteiger charge is -2.07. The highest BCUT2D eigenvalue weighted by atomic mass is 35.5. The number of hydrogen-bond donors (Lipinski definition) is 0. The summed E-state index contributed by atoms with van der Waals surface area (Å²) in [7, 11) is 0. The average molecular weight is 399 g/mol. The molecule has 0 saturated carbocycles. The van der Waals surface area contributed by atoms with Crippen molar-refractivity contribution >= 4 is 23.5 Å². The van der Waals surface area contributed by atoms with Gasteiger partial charge < -0.3 is 9.47 Å². The summed E-state index contributed by atoms with van der Waals surface area (Å²) >= 11 is 6.01. The van der Waals surface area contributed by atoms with E-state index in [9.17, 15) is 13.6 Å². The van der Waals surface area contributed by atoms with Gasteiger partial charge >= 0.3 is 0 Å². The second-order valence-electron chi connectivity index (χ2n) is 6.15. The highest BCUT2D eigenvalue weighted by Crippen LogP contribution is 2.36. The number of benzene rings is 3. The Kier molecular flexibility index (Phi) is 4.84. The van der Waals surface area contributed by atoms with Crippen LogP contribution in [-0.2, 0) is 6.61 Å². The first-order valence-electron chi connectivity index (χ1n) is 8.41. The zero-order valence-electron chi connectivity index (χ0n) is 14.4. The Balaban J connectivity index is 1.54. The molecular weight excluding hydrogens is 386 g/mol. The first-order valence-corrected chi connectivity index (χ1v) is 8.78. The molecule has 28 heavy (non-hydrogen) atoms. The molecule has 1 heterocycles. The van der Waals surface area contributed by atoms with Gasteiger partial charge in [-0.1, -0.05) is 29.8 Å². The van der Waals surface area contributed by atoms with Gasteiger partial charge in [0.05, 0.1) is 10.6 Å². The third-order valence-corrected chi connectivity index (χ3v) is 4.56. The van der Waals surface area contributed by atoms with Crippen LogP contribution in [0.2, 0.25) is 5.02 Å². The molecule has 140 valence electrons. The molecule has 0 spiro atoms. The fourth-order valence-electron chi connectivity index (χ4n) is 2.78. The van der Waals surface area contributed by atoms with Gasteiger partial charge in [0.1, 0.15) is 29.7 Å². The third kappa shape index (κ3) is 3.62. The molecule has 0 amide bonds. The fraction of sp³-hybridized carbons (Fsp3) is 0.0455. The Labute approximate surface area is 164 Å². The van der Waals surface area contributed by atoms with Crippen molar-refractivity contribution in [3.8, 4) is 11.5 Å². The van der Waals surface area contributed by atoms with Gasteiger partial charge in [0, 0.05) is 11.6 Å². The molecule has 0 bridgehead atoms. The van der Waals surface area contributed by atoms with E-state index < -0.39 is 5.82 Å². The number of halogens is 3. The number of hydrogen-bond acceptors (Lipinski definition) is 3. The van der Waals surface area contributed by atoms with Crippen LogP contribution in [0.4, 0.5) is 8.78 Å². The molecule has 0 radical (unpaired) electrons. The monoisotopic (exact) mass is 398 g/mol. The van der Waals surface area contributed by atoms with Crippen LogP contribution in [0.25, 0.3) is 6.08 Å². The summed E-state index contributed by atoms with van der Waals surface area (Å²) in [6.45, 7) is 0.237. The predicted octanol–water partition coefficient (Wildman–Crippen LogP) is 5.81. The topological polar surface area (TPSA) is 35.5 Å². The van der Waals surface area contributed by atoms with E-state index in [1.54, 1.807) is 30.3 Å². The number of ether oxygens (including phenoxy) is 2. The van der Waals surface area contributed by atoms with Gasteiger partial charge in [0.2, 0.25) is 5.78 Å². The summed E-state index contributed by atoms with van der Waals surface area (Å²) in [6, 6.07) is 15.0. The highest BCUT2D eigenvalue weighted by molar-refractivity contribution is 6.32. The van der Waals surface area contributed by atoms with Gasteiger partial charge in [0.15, 0.2) is 5.76 Å². The SMILES string of the molecule is O=C1C(=Cc2c(F)cccc2Cl)Oc2cc(OCc3ccc(F)cc3)ccc21. The number of carbonyl (C=O) groups excluding carboxylic acids is 1. The number of fused-ring (bicyclic) bond motifs is 1. The molecule has 0 fully saturated rings. The van der Waals surface area contributed by atoms with Crippen LogP contribution in [0.3, 0.4) is 0 Å². The van der Waals surface area contributed by atoms with E-state index in [1.807, 2.05) is 0 Å². The molecule has 6 heteroatoms. The molecule has 1 aliphatic heterocycles. The minimum Gasteiger partial charge on any atom is -0.489 e. The van der Waals surface area contributed by atoms with E-state index in [1.165, 1.54) is 36.4 Å². The number of rotatable bonds is 4. The Morgan fingerprint density at radius 1 is 1.04 bits per heavy atom. The van der Waals surface area contributed by atoms with Crippen molar-refractivity contribution in [2.75, 3.05) is 0 Å². The summed E-state index contributed by atoms with van der Waals surface area (Å²) in [5.41, 5.74) is 1.25. The standard InChI is InChI=1S/C22H13ClF2O3/c23-18-2-1-3-19(25)17(18)11-21-22(26)16-9-8-15(10-20(16)28-21)27-12-13-4-6-14(24)7-5-13/h1-11H,12H2. The smallest absolute Gasteiger partial charge is 0.231 e. The van der Waals surface area contributed by atoms with Crippen molar-refractivity contribution in [1.82, 2.24) is 0 Å². The van der Waals surface area contributed by atoms with E-state index in [2.05, 4.69) is 0 Å². The molecule has 3 aromatic carbocycles. The van der Waals surface area contributed by atoms with Gasteiger partial charge in [-0.3, -0.25) is 4.79 Å². The predicted molar refractivity (Wildman–Crippen MR) is 102 cm³/mol. The van der Waals surface area contributed by atoms with Crippen LogP contribution in [-0.4, -0.2) is 5.78 Å². The van der Waals surface area contributed by atoms with E-state index in [0.29, 0.717) is 17.1 Å². The normalized spacial score (nSPS) is 14.1. The summed E-state index contributed by atoms with van der Waals surface area (Å²) in [4.78, 5) is 12.5. The Morgan fingerprint density at radius 2 is 1.82 bits per heavy atom. The molecule has 0 aromatic heterocycles. The van der Waals surface area contributed by atoms with Crippen LogP contribution in [0.1, 0.15) is 21.5 Å². The minimum atomic E-state index is -0.546. The first kappa shape index (κ1) is 18.2. The van der Waals surface area contributed by atoms with Crippen molar-refractivity contribution in [3.05, 3.63) is 99.8 Å².